The summed E-state index contributed by atoms with van der Waals surface area (Å²) >= 11 is 0. The van der Waals surface area contributed by atoms with E-state index in [0.29, 0.717) is 12.1 Å². The molecule has 1 aromatic heterocycles. The number of ether oxygens (including phenoxy) is 2. The van der Waals surface area contributed by atoms with E-state index < -0.39 is 17.7 Å². The predicted octanol–water partition coefficient (Wildman–Crippen LogP) is 1.39. The first-order chi connectivity index (χ1) is 9.26. The summed E-state index contributed by atoms with van der Waals surface area (Å²) < 4.78 is 11.1. The number of nitrogens with zero attached hydrogens (tertiary/aromatic N) is 2. The number of hydrogen-bond acceptors (Lipinski definition) is 6. The Hall–Kier alpha value is -1.60. The van der Waals surface area contributed by atoms with Crippen molar-refractivity contribution < 1.29 is 19.1 Å². The lowest BCUT2D eigenvalue weighted by atomic mass is 10.2. The van der Waals surface area contributed by atoms with E-state index in [1.165, 1.54) is 18.0 Å². The van der Waals surface area contributed by atoms with Crippen LogP contribution < -0.4 is 5.32 Å². The van der Waals surface area contributed by atoms with Gasteiger partial charge in [-0.1, -0.05) is 0 Å². The van der Waals surface area contributed by atoms with Crippen LogP contribution >= 0.6 is 12.4 Å². The molecule has 120 valence electrons. The average molecular weight is 320 g/mol. The Kier molecular flexibility index (Phi) is 7.38. The zero-order chi connectivity index (χ0) is 15.3. The second-order valence-corrected chi connectivity index (χ2v) is 5.32. The van der Waals surface area contributed by atoms with E-state index in [1.54, 1.807) is 34.0 Å². The fourth-order valence-electron chi connectivity index (χ4n) is 1.54. The first-order valence-corrected chi connectivity index (χ1v) is 6.28. The Morgan fingerprint density at radius 1 is 1.43 bits per heavy atom. The van der Waals surface area contributed by atoms with Crippen molar-refractivity contribution >= 4 is 24.5 Å². The number of esters is 1. The lowest BCUT2D eigenvalue weighted by Crippen LogP contribution is -2.37. The second-order valence-electron chi connectivity index (χ2n) is 5.32. The van der Waals surface area contributed by atoms with Gasteiger partial charge in [-0.15, -0.1) is 12.4 Å². The molecule has 1 aromatic rings. The number of halogens is 1. The van der Waals surface area contributed by atoms with E-state index >= 15 is 0 Å². The largest absolute Gasteiger partial charge is 0.468 e. The van der Waals surface area contributed by atoms with E-state index in [2.05, 4.69) is 15.0 Å². The molecule has 1 unspecified atom stereocenters. The highest BCUT2D eigenvalue weighted by Gasteiger charge is 2.21. The normalized spacial score (nSPS) is 12.2. The highest BCUT2D eigenvalue weighted by atomic mass is 35.5. The number of rotatable bonds is 4. The summed E-state index contributed by atoms with van der Waals surface area (Å²) in [6.45, 7) is 5.37. The minimum atomic E-state index is -0.568. The van der Waals surface area contributed by atoms with Crippen LogP contribution in [0.25, 0.3) is 0 Å². The Bertz CT molecular complexity index is 482. The smallest absolute Gasteiger partial charge is 0.419 e. The number of likely N-dealkylation sites (N-methyl/N-ethyl adjacent to an activating group) is 1. The van der Waals surface area contributed by atoms with E-state index in [0.717, 1.165) is 0 Å². The van der Waals surface area contributed by atoms with Gasteiger partial charge >= 0.3 is 12.1 Å². The van der Waals surface area contributed by atoms with Crippen LogP contribution in [0.3, 0.4) is 0 Å². The maximum Gasteiger partial charge on any atom is 0.419 e. The molecule has 0 saturated carbocycles. The van der Waals surface area contributed by atoms with Gasteiger partial charge in [-0.05, 0) is 27.8 Å². The van der Waals surface area contributed by atoms with Crippen LogP contribution in [-0.4, -0.2) is 47.4 Å². The molecule has 1 N–H and O–H groups in total. The summed E-state index contributed by atoms with van der Waals surface area (Å²) in [5.74, 6) is -0.376. The van der Waals surface area contributed by atoms with Gasteiger partial charge in [0.25, 0.3) is 0 Å². The molecule has 1 heterocycles. The molecule has 0 spiro atoms. The molecule has 7 nitrogen and oxygen atoms in total. The van der Waals surface area contributed by atoms with Gasteiger partial charge in [0.2, 0.25) is 0 Å². The zero-order valence-corrected chi connectivity index (χ0v) is 13.7. The van der Waals surface area contributed by atoms with Crippen LogP contribution in [0, 0.1) is 0 Å². The van der Waals surface area contributed by atoms with Crippen molar-refractivity contribution in [2.45, 2.75) is 38.8 Å². The van der Waals surface area contributed by atoms with Gasteiger partial charge in [-0.3, -0.25) is 4.79 Å². The summed E-state index contributed by atoms with van der Waals surface area (Å²) in [5, 5.41) is 2.84. The summed E-state index contributed by atoms with van der Waals surface area (Å²) in [6, 6.07) is -0.498. The van der Waals surface area contributed by atoms with Crippen LogP contribution in [0.1, 0.15) is 26.5 Å². The first kappa shape index (κ1) is 19.4. The van der Waals surface area contributed by atoms with Crippen molar-refractivity contribution in [2.24, 2.45) is 0 Å². The third kappa shape index (κ3) is 6.14. The van der Waals surface area contributed by atoms with Gasteiger partial charge in [0.05, 0.1) is 12.8 Å². The molecule has 0 aliphatic heterocycles. The van der Waals surface area contributed by atoms with Crippen LogP contribution in [0.5, 0.6) is 0 Å². The molecule has 0 bridgehead atoms. The Balaban J connectivity index is 0.00000400. The van der Waals surface area contributed by atoms with Crippen LogP contribution in [-0.2, 0) is 20.7 Å². The van der Waals surface area contributed by atoms with Crippen LogP contribution in [0.15, 0.2) is 12.5 Å². The lowest BCUT2D eigenvalue weighted by molar-refractivity contribution is -0.142. The van der Waals surface area contributed by atoms with Crippen molar-refractivity contribution in [3.05, 3.63) is 18.2 Å². The zero-order valence-electron chi connectivity index (χ0n) is 12.9. The number of carbonyl (C=O) groups is 2. The van der Waals surface area contributed by atoms with Gasteiger partial charge < -0.3 is 14.8 Å². The number of aromatic nitrogens is 2. The van der Waals surface area contributed by atoms with Gasteiger partial charge in [-0.2, -0.15) is 0 Å². The number of carbonyl (C=O) groups excluding carboxylic acids is 2. The van der Waals surface area contributed by atoms with Crippen molar-refractivity contribution in [2.75, 3.05) is 14.2 Å². The van der Waals surface area contributed by atoms with E-state index in [4.69, 9.17) is 4.74 Å². The van der Waals surface area contributed by atoms with Gasteiger partial charge in [0, 0.05) is 12.6 Å². The van der Waals surface area contributed by atoms with Gasteiger partial charge in [0.1, 0.15) is 18.0 Å². The van der Waals surface area contributed by atoms with Crippen molar-refractivity contribution in [1.29, 1.82) is 0 Å². The SMILES string of the molecule is CNC(Cc1cn(C(=O)OC(C)(C)C)cn1)C(=O)OC.Cl. The molecule has 0 fully saturated rings. The number of nitrogens with one attached hydrogen (secondary N) is 1. The summed E-state index contributed by atoms with van der Waals surface area (Å²) in [6.07, 6.45) is 2.74. The Labute approximate surface area is 130 Å². The van der Waals surface area contributed by atoms with Crippen molar-refractivity contribution in [3.8, 4) is 0 Å². The van der Waals surface area contributed by atoms with E-state index in [-0.39, 0.29) is 18.4 Å². The third-order valence-corrected chi connectivity index (χ3v) is 2.49. The molecule has 8 heteroatoms. The number of imidazole rings is 1. The minimum Gasteiger partial charge on any atom is -0.468 e. The van der Waals surface area contributed by atoms with Crippen LogP contribution in [0.4, 0.5) is 4.79 Å². The first-order valence-electron chi connectivity index (χ1n) is 6.28. The third-order valence-electron chi connectivity index (χ3n) is 2.49. The summed E-state index contributed by atoms with van der Waals surface area (Å²) in [4.78, 5) is 27.4. The standard InChI is InChI=1S/C13H21N3O4.ClH/c1-13(2,3)20-12(18)16-7-9(15-8-16)6-10(14-4)11(17)19-5;/h7-8,10,14H,6H2,1-5H3;1H. The van der Waals surface area contributed by atoms with Crippen molar-refractivity contribution in [3.63, 3.8) is 0 Å². The Morgan fingerprint density at radius 3 is 2.52 bits per heavy atom. The van der Waals surface area contributed by atoms with E-state index in [1.807, 2.05) is 0 Å². The quantitative estimate of drug-likeness (QED) is 0.845. The minimum absolute atomic E-state index is 0. The maximum atomic E-state index is 11.8. The molecular formula is C13H22ClN3O4. The predicted molar refractivity (Wildman–Crippen MR) is 79.7 cm³/mol. The van der Waals surface area contributed by atoms with Gasteiger partial charge in [0.15, 0.2) is 0 Å². The molecule has 0 aliphatic rings. The monoisotopic (exact) mass is 319 g/mol. The number of methoxy groups -OCH3 is 1. The maximum absolute atomic E-state index is 11.8. The lowest BCUT2D eigenvalue weighted by Gasteiger charge is -2.19. The molecule has 0 amide bonds. The number of hydrogen-bond donors (Lipinski definition) is 1. The fraction of sp³-hybridized carbons (Fsp3) is 0.615. The highest BCUT2D eigenvalue weighted by Crippen LogP contribution is 2.10. The average Bonchev–Trinajstić information content (AvgIpc) is 2.81. The molecule has 21 heavy (non-hydrogen) atoms. The van der Waals surface area contributed by atoms with E-state index in [9.17, 15) is 9.59 Å². The second kappa shape index (κ2) is 7.99. The van der Waals surface area contributed by atoms with Crippen LogP contribution in [0.2, 0.25) is 0 Å². The highest BCUT2D eigenvalue weighted by molar-refractivity contribution is 5.85. The molecule has 0 saturated heterocycles. The fourth-order valence-corrected chi connectivity index (χ4v) is 1.54. The topological polar surface area (TPSA) is 82.5 Å². The summed E-state index contributed by atoms with van der Waals surface area (Å²) in [5.41, 5.74) is 0.0294. The van der Waals surface area contributed by atoms with Crippen molar-refractivity contribution in [1.82, 2.24) is 14.9 Å². The molecule has 0 aromatic carbocycles. The molecule has 1 atom stereocenters. The molecule has 1 rings (SSSR count). The molecule has 0 aliphatic carbocycles. The molecule has 0 radical (unpaired) electrons. The Morgan fingerprint density at radius 2 is 2.05 bits per heavy atom. The van der Waals surface area contributed by atoms with Gasteiger partial charge in [-0.25, -0.2) is 14.3 Å². The molecular weight excluding hydrogens is 298 g/mol. The summed E-state index contributed by atoms with van der Waals surface area (Å²) in [7, 11) is 2.98.